The number of nitrogens with one attached hydrogen (secondary N) is 2. The first-order valence-corrected chi connectivity index (χ1v) is 12.0. The minimum absolute atomic E-state index is 0.0703. The van der Waals surface area contributed by atoms with Gasteiger partial charge in [-0.2, -0.15) is 18.7 Å². The van der Waals surface area contributed by atoms with Crippen molar-refractivity contribution in [2.45, 2.75) is 32.9 Å². The zero-order valence-electron chi connectivity index (χ0n) is 20.8. The normalized spacial score (nSPS) is 12.7. The first kappa shape index (κ1) is 26.8. The summed E-state index contributed by atoms with van der Waals surface area (Å²) in [6, 6.07) is 9.76. The van der Waals surface area contributed by atoms with Gasteiger partial charge in [0.15, 0.2) is 0 Å². The lowest BCUT2D eigenvalue weighted by Crippen LogP contribution is -2.39. The van der Waals surface area contributed by atoms with E-state index in [0.29, 0.717) is 45.0 Å². The first-order valence-electron chi connectivity index (χ1n) is 11.6. The van der Waals surface area contributed by atoms with E-state index in [-0.39, 0.29) is 15.8 Å². The van der Waals surface area contributed by atoms with Gasteiger partial charge in [0.05, 0.1) is 34.0 Å². The van der Waals surface area contributed by atoms with Gasteiger partial charge in [-0.15, -0.1) is 5.10 Å². The second-order valence-electron chi connectivity index (χ2n) is 9.91. The van der Waals surface area contributed by atoms with Crippen molar-refractivity contribution in [1.29, 1.82) is 5.26 Å². The molecule has 0 aliphatic rings. The number of primary amides is 1. The number of nitrogens with zero attached hydrogens (tertiary/aromatic N) is 5. The van der Waals surface area contributed by atoms with Crippen LogP contribution in [0.15, 0.2) is 54.9 Å². The molecule has 2 heterocycles. The van der Waals surface area contributed by atoms with Gasteiger partial charge in [-0.25, -0.2) is 0 Å². The van der Waals surface area contributed by atoms with Gasteiger partial charge >= 0.3 is 12.0 Å². The average molecular weight is 539 g/mol. The number of anilines is 2. The molecule has 0 bridgehead atoms. The summed E-state index contributed by atoms with van der Waals surface area (Å²) in [5.74, 6) is -1.85. The fraction of sp³-hybridized carbons (Fsp3) is 0.269. The van der Waals surface area contributed by atoms with Crippen molar-refractivity contribution < 1.29 is 13.6 Å². The molecular formula is C26H25ClF2N8O. The molecule has 9 nitrogen and oxygen atoms in total. The number of nitriles is 1. The number of aromatic nitrogens is 4. The van der Waals surface area contributed by atoms with Gasteiger partial charge in [0, 0.05) is 23.8 Å². The molecule has 2 aromatic carbocycles. The lowest BCUT2D eigenvalue weighted by Gasteiger charge is -2.22. The van der Waals surface area contributed by atoms with Crippen LogP contribution in [0, 0.1) is 16.7 Å². The second kappa shape index (κ2) is 10.2. The van der Waals surface area contributed by atoms with Crippen molar-refractivity contribution in [3.8, 4) is 6.07 Å². The van der Waals surface area contributed by atoms with Gasteiger partial charge in [0.25, 0.3) is 0 Å². The number of carbonyl (C=O) groups is 1. The van der Waals surface area contributed by atoms with E-state index in [0.717, 1.165) is 6.20 Å². The van der Waals surface area contributed by atoms with Crippen LogP contribution in [0.4, 0.5) is 20.2 Å². The lowest BCUT2D eigenvalue weighted by atomic mass is 9.96. The van der Waals surface area contributed by atoms with Gasteiger partial charge in [-0.1, -0.05) is 67.9 Å². The molecule has 1 unspecified atom stereocenters. The summed E-state index contributed by atoms with van der Waals surface area (Å²) < 4.78 is 28.5. The summed E-state index contributed by atoms with van der Waals surface area (Å²) in [6.45, 7) is 6.78. The first-order chi connectivity index (χ1) is 17.9. The third-order valence-electron chi connectivity index (χ3n) is 5.68. The second-order valence-corrected chi connectivity index (χ2v) is 10.3. The van der Waals surface area contributed by atoms with E-state index < -0.39 is 18.0 Å². The van der Waals surface area contributed by atoms with Crippen molar-refractivity contribution >= 4 is 39.8 Å². The summed E-state index contributed by atoms with van der Waals surface area (Å²) in [5, 5.41) is 24.6. The highest BCUT2D eigenvalue weighted by atomic mass is 35.5. The number of hydrogen-bond donors (Lipinski definition) is 3. The van der Waals surface area contributed by atoms with E-state index in [1.165, 1.54) is 6.20 Å². The molecule has 0 saturated heterocycles. The third kappa shape index (κ3) is 5.50. The number of halogens is 3. The van der Waals surface area contributed by atoms with Crippen molar-refractivity contribution in [1.82, 2.24) is 20.0 Å². The molecule has 0 saturated carbocycles. The molecule has 4 N–H and O–H groups in total. The highest BCUT2D eigenvalue weighted by Gasteiger charge is 2.41. The van der Waals surface area contributed by atoms with Crippen LogP contribution in [-0.2, 0) is 10.8 Å². The van der Waals surface area contributed by atoms with Crippen LogP contribution >= 0.6 is 11.6 Å². The van der Waals surface area contributed by atoms with Crippen LogP contribution in [-0.4, -0.2) is 32.4 Å². The molecule has 38 heavy (non-hydrogen) atoms. The molecule has 196 valence electrons. The topological polar surface area (TPSA) is 135 Å². The molecule has 4 rings (SSSR count). The Hall–Kier alpha value is -4.30. The quantitative estimate of drug-likeness (QED) is 0.286. The fourth-order valence-corrected chi connectivity index (χ4v) is 4.04. The molecule has 0 aliphatic carbocycles. The molecule has 12 heteroatoms. The molecule has 0 spiro atoms. The molecule has 1 amide bonds. The number of rotatable bonds is 8. The summed E-state index contributed by atoms with van der Waals surface area (Å²) in [4.78, 5) is 15.6. The minimum Gasteiger partial charge on any atom is -0.383 e. The zero-order chi connectivity index (χ0) is 27.7. The Morgan fingerprint density at radius 3 is 2.58 bits per heavy atom. The van der Waals surface area contributed by atoms with Crippen molar-refractivity contribution in [2.24, 2.45) is 11.1 Å². The maximum absolute atomic E-state index is 14.2. The van der Waals surface area contributed by atoms with E-state index in [9.17, 15) is 18.8 Å². The Morgan fingerprint density at radius 2 is 1.95 bits per heavy atom. The predicted octanol–water partition coefficient (Wildman–Crippen LogP) is 5.05. The number of fused-ring (bicyclic) bond motifs is 1. The van der Waals surface area contributed by atoms with Gasteiger partial charge in [0.2, 0.25) is 0 Å². The number of amides is 1. The van der Waals surface area contributed by atoms with Gasteiger partial charge in [-0.3, -0.25) is 9.78 Å². The largest absolute Gasteiger partial charge is 0.423 e. The summed E-state index contributed by atoms with van der Waals surface area (Å²) in [5.41, 5.74) is 7.52. The van der Waals surface area contributed by atoms with E-state index in [1.54, 1.807) is 36.4 Å². The number of benzene rings is 2. The van der Waals surface area contributed by atoms with Crippen LogP contribution in [0.5, 0.6) is 0 Å². The summed E-state index contributed by atoms with van der Waals surface area (Å²) in [6.07, 6.45) is 2.43. The fourth-order valence-electron chi connectivity index (χ4n) is 3.77. The van der Waals surface area contributed by atoms with Crippen LogP contribution in [0.3, 0.4) is 0 Å². The molecular weight excluding hydrogens is 514 g/mol. The maximum Gasteiger partial charge on any atom is 0.423 e. The minimum atomic E-state index is -4.05. The molecule has 4 aromatic rings. The van der Waals surface area contributed by atoms with E-state index in [1.807, 2.05) is 6.07 Å². The SMILES string of the molecule is CC(C)(C)CNc1c(C#N)cnc2c(Cl)cc(NC(c3ccccc3)c3cn(C(F)(F)C(N)=O)nn3)cc12. The molecule has 0 radical (unpaired) electrons. The van der Waals surface area contributed by atoms with Crippen LogP contribution in [0.1, 0.15) is 43.6 Å². The zero-order valence-corrected chi connectivity index (χ0v) is 21.6. The van der Waals surface area contributed by atoms with E-state index >= 15 is 0 Å². The van der Waals surface area contributed by atoms with Crippen LogP contribution in [0.2, 0.25) is 5.02 Å². The monoisotopic (exact) mass is 538 g/mol. The number of carbonyl (C=O) groups excluding carboxylic acids is 1. The van der Waals surface area contributed by atoms with Crippen LogP contribution < -0.4 is 16.4 Å². The number of hydrogen-bond acceptors (Lipinski definition) is 7. The molecule has 2 aromatic heterocycles. The Bertz CT molecular complexity index is 1530. The lowest BCUT2D eigenvalue weighted by molar-refractivity contribution is -0.159. The number of alkyl halides is 2. The summed E-state index contributed by atoms with van der Waals surface area (Å²) >= 11 is 6.60. The Morgan fingerprint density at radius 1 is 1.24 bits per heavy atom. The van der Waals surface area contributed by atoms with Crippen molar-refractivity contribution in [3.05, 3.63) is 76.7 Å². The predicted molar refractivity (Wildman–Crippen MR) is 141 cm³/mol. The van der Waals surface area contributed by atoms with Gasteiger partial charge in [-0.05, 0) is 23.1 Å². The summed E-state index contributed by atoms with van der Waals surface area (Å²) in [7, 11) is 0. The highest BCUT2D eigenvalue weighted by Crippen LogP contribution is 2.36. The van der Waals surface area contributed by atoms with E-state index in [2.05, 4.69) is 52.8 Å². The number of pyridine rings is 1. The maximum atomic E-state index is 14.2. The van der Waals surface area contributed by atoms with Crippen LogP contribution in [0.25, 0.3) is 10.9 Å². The van der Waals surface area contributed by atoms with Gasteiger partial charge < -0.3 is 16.4 Å². The third-order valence-corrected chi connectivity index (χ3v) is 5.96. The van der Waals surface area contributed by atoms with Crippen molar-refractivity contribution in [2.75, 3.05) is 17.2 Å². The highest BCUT2D eigenvalue weighted by molar-refractivity contribution is 6.35. The Balaban J connectivity index is 1.81. The molecule has 0 fully saturated rings. The Kier molecular flexibility index (Phi) is 7.20. The smallest absolute Gasteiger partial charge is 0.383 e. The molecule has 0 aliphatic heterocycles. The standard InChI is InChI=1S/C26H25ClF2N8O/c1-25(2,3)14-33-21-16(11-30)12-32-23-18(21)9-17(10-19(23)27)34-22(15-7-5-4-6-8-15)20-13-37(36-35-20)26(28,29)24(31)38/h4-10,12-13,22,34H,14H2,1-3H3,(H2,31,38)(H,32,33). The van der Waals surface area contributed by atoms with Gasteiger partial charge in [0.1, 0.15) is 11.8 Å². The van der Waals surface area contributed by atoms with E-state index in [4.69, 9.17) is 17.3 Å². The average Bonchev–Trinajstić information content (AvgIpc) is 3.36. The molecule has 1 atom stereocenters. The Labute approximate surface area is 222 Å². The van der Waals surface area contributed by atoms with Crippen molar-refractivity contribution in [3.63, 3.8) is 0 Å². The number of nitrogens with two attached hydrogens (primary N) is 1.